The van der Waals surface area contributed by atoms with Crippen molar-refractivity contribution in [3.63, 3.8) is 0 Å². The van der Waals surface area contributed by atoms with Crippen LogP contribution in [-0.4, -0.2) is 22.0 Å². The molecule has 29 heavy (non-hydrogen) atoms. The van der Waals surface area contributed by atoms with E-state index < -0.39 is 5.76 Å². The van der Waals surface area contributed by atoms with Crippen molar-refractivity contribution in [1.82, 2.24) is 15.0 Å². The first-order chi connectivity index (χ1) is 14.1. The Hall–Kier alpha value is -3.93. The van der Waals surface area contributed by atoms with Crippen molar-refractivity contribution < 1.29 is 4.42 Å². The summed E-state index contributed by atoms with van der Waals surface area (Å²) >= 11 is 0. The molecule has 4 rings (SSSR count). The van der Waals surface area contributed by atoms with Crippen LogP contribution in [0.4, 0.5) is 5.82 Å². The molecule has 0 fully saturated rings. The van der Waals surface area contributed by atoms with E-state index in [1.807, 2.05) is 62.5 Å². The minimum absolute atomic E-state index is 0.460. The Morgan fingerprint density at radius 2 is 1.97 bits per heavy atom. The highest BCUT2D eigenvalue weighted by molar-refractivity contribution is 5.94. The number of aromatic amines is 1. The molecule has 0 aliphatic rings. The Kier molecular flexibility index (Phi) is 4.83. The van der Waals surface area contributed by atoms with Gasteiger partial charge in [-0.3, -0.25) is 4.98 Å². The lowest BCUT2D eigenvalue weighted by Gasteiger charge is -2.10. The Bertz CT molecular complexity index is 1340. The quantitative estimate of drug-likeness (QED) is 0.477. The molecule has 144 valence electrons. The maximum Gasteiger partial charge on any atom is 0.417 e. The number of benzene rings is 2. The number of hydrogen-bond donors (Lipinski definition) is 2. The van der Waals surface area contributed by atoms with E-state index in [1.165, 1.54) is 0 Å². The average molecular weight is 384 g/mol. The van der Waals surface area contributed by atoms with Gasteiger partial charge in [-0.15, -0.1) is 0 Å². The number of anilines is 1. The third kappa shape index (κ3) is 3.48. The zero-order valence-electron chi connectivity index (χ0n) is 16.2. The van der Waals surface area contributed by atoms with E-state index in [9.17, 15) is 4.79 Å². The molecule has 0 aliphatic carbocycles. The molecular formula is C23H20N4O2. The van der Waals surface area contributed by atoms with Crippen LogP contribution >= 0.6 is 0 Å². The Morgan fingerprint density at radius 3 is 2.72 bits per heavy atom. The van der Waals surface area contributed by atoms with Crippen molar-refractivity contribution >= 4 is 33.4 Å². The molecule has 2 aromatic carbocycles. The largest absolute Gasteiger partial charge is 0.417 e. The highest BCUT2D eigenvalue weighted by Gasteiger charge is 2.11. The summed E-state index contributed by atoms with van der Waals surface area (Å²) in [5.74, 6) is 0.885. The summed E-state index contributed by atoms with van der Waals surface area (Å²) in [6.45, 7) is 5.82. The number of hydrogen-bond acceptors (Lipinski definition) is 5. The second kappa shape index (κ2) is 7.59. The minimum Gasteiger partial charge on any atom is -0.408 e. The van der Waals surface area contributed by atoms with Crippen LogP contribution in [0.15, 0.2) is 76.5 Å². The molecule has 0 saturated carbocycles. The van der Waals surface area contributed by atoms with Gasteiger partial charge in [0.1, 0.15) is 5.82 Å². The van der Waals surface area contributed by atoms with Crippen LogP contribution in [0, 0.1) is 0 Å². The lowest BCUT2D eigenvalue weighted by Crippen LogP contribution is -2.01. The third-order valence-electron chi connectivity index (χ3n) is 4.63. The van der Waals surface area contributed by atoms with E-state index in [0.717, 1.165) is 33.4 Å². The van der Waals surface area contributed by atoms with Crippen LogP contribution in [0.5, 0.6) is 0 Å². The maximum absolute atomic E-state index is 11.4. The molecule has 0 aliphatic heterocycles. The molecule has 0 atom stereocenters. The molecule has 2 aromatic heterocycles. The lowest BCUT2D eigenvalue weighted by molar-refractivity contribution is 0.555. The van der Waals surface area contributed by atoms with Crippen molar-refractivity contribution in [2.24, 2.45) is 0 Å². The SMILES string of the molecule is C=C/C(=C\C=C/C)c1nc(NC)c2cc(-c3ccc4oc(=O)[nH]c4c3)ccc2n1. The smallest absolute Gasteiger partial charge is 0.408 e. The van der Waals surface area contributed by atoms with Crippen molar-refractivity contribution in [3.8, 4) is 11.1 Å². The molecule has 6 nitrogen and oxygen atoms in total. The van der Waals surface area contributed by atoms with Crippen LogP contribution in [0.2, 0.25) is 0 Å². The van der Waals surface area contributed by atoms with Gasteiger partial charge in [0.25, 0.3) is 0 Å². The second-order valence-corrected chi connectivity index (χ2v) is 6.46. The number of oxazole rings is 1. The average Bonchev–Trinajstić information content (AvgIpc) is 3.12. The van der Waals surface area contributed by atoms with Crippen molar-refractivity contribution in [2.75, 3.05) is 12.4 Å². The van der Waals surface area contributed by atoms with Crippen LogP contribution in [0.3, 0.4) is 0 Å². The molecule has 0 radical (unpaired) electrons. The van der Waals surface area contributed by atoms with Crippen molar-refractivity contribution in [2.45, 2.75) is 6.92 Å². The summed E-state index contributed by atoms with van der Waals surface area (Å²) in [6.07, 6.45) is 7.56. The van der Waals surface area contributed by atoms with Gasteiger partial charge < -0.3 is 9.73 Å². The summed E-state index contributed by atoms with van der Waals surface area (Å²) in [5, 5.41) is 4.07. The predicted molar refractivity (Wildman–Crippen MR) is 118 cm³/mol. The first kappa shape index (κ1) is 18.4. The summed E-state index contributed by atoms with van der Waals surface area (Å²) < 4.78 is 5.08. The van der Waals surface area contributed by atoms with Gasteiger partial charge in [0.2, 0.25) is 0 Å². The molecule has 4 aromatic rings. The van der Waals surface area contributed by atoms with Gasteiger partial charge in [0, 0.05) is 18.0 Å². The molecule has 6 heteroatoms. The molecule has 0 bridgehead atoms. The van der Waals surface area contributed by atoms with Crippen LogP contribution in [0.1, 0.15) is 12.7 Å². The summed E-state index contributed by atoms with van der Waals surface area (Å²) in [7, 11) is 1.84. The van der Waals surface area contributed by atoms with E-state index >= 15 is 0 Å². The minimum atomic E-state index is -0.460. The predicted octanol–water partition coefficient (Wildman–Crippen LogP) is 4.92. The Morgan fingerprint density at radius 1 is 1.17 bits per heavy atom. The topological polar surface area (TPSA) is 83.8 Å². The fraction of sp³-hybridized carbons (Fsp3) is 0.0870. The zero-order valence-corrected chi connectivity index (χ0v) is 16.2. The van der Waals surface area contributed by atoms with Gasteiger partial charge in [0.15, 0.2) is 11.4 Å². The van der Waals surface area contributed by atoms with E-state index in [2.05, 4.69) is 21.9 Å². The lowest BCUT2D eigenvalue weighted by atomic mass is 10.0. The maximum atomic E-state index is 11.4. The molecular weight excluding hydrogens is 364 g/mol. The highest BCUT2D eigenvalue weighted by atomic mass is 16.4. The van der Waals surface area contributed by atoms with Gasteiger partial charge in [-0.1, -0.05) is 43.0 Å². The highest BCUT2D eigenvalue weighted by Crippen LogP contribution is 2.30. The second-order valence-electron chi connectivity index (χ2n) is 6.46. The number of H-pyrrole nitrogens is 1. The van der Waals surface area contributed by atoms with Gasteiger partial charge in [-0.2, -0.15) is 0 Å². The monoisotopic (exact) mass is 384 g/mol. The normalized spacial score (nSPS) is 12.1. The van der Waals surface area contributed by atoms with E-state index in [4.69, 9.17) is 9.40 Å². The molecule has 0 spiro atoms. The van der Waals surface area contributed by atoms with E-state index in [0.29, 0.717) is 16.9 Å². The summed E-state index contributed by atoms with van der Waals surface area (Å²) in [4.78, 5) is 23.5. The first-order valence-corrected chi connectivity index (χ1v) is 9.21. The number of allylic oxidation sites excluding steroid dienone is 5. The zero-order chi connectivity index (χ0) is 20.4. The number of rotatable bonds is 5. The number of nitrogens with one attached hydrogen (secondary N) is 2. The van der Waals surface area contributed by atoms with Crippen molar-refractivity contribution in [1.29, 1.82) is 0 Å². The standard InChI is InChI=1S/C23H20N4O2/c1-4-6-7-14(5-2)21-25-18-10-8-15(12-17(18)22(24-3)27-21)16-9-11-20-19(13-16)26-23(28)29-20/h4-13H,2H2,1,3H3,(H,26,28)(H,24,25,27)/b6-4-,14-7+. The number of nitrogens with zero attached hydrogens (tertiary/aromatic N) is 2. The summed E-state index contributed by atoms with van der Waals surface area (Å²) in [5.41, 5.74) is 4.82. The molecule has 2 heterocycles. The van der Waals surface area contributed by atoms with Gasteiger partial charge in [-0.25, -0.2) is 14.8 Å². The van der Waals surface area contributed by atoms with Gasteiger partial charge in [0.05, 0.1) is 11.0 Å². The van der Waals surface area contributed by atoms with Gasteiger partial charge in [-0.05, 0) is 42.3 Å². The molecule has 2 N–H and O–H groups in total. The third-order valence-corrected chi connectivity index (χ3v) is 4.63. The van der Waals surface area contributed by atoms with Gasteiger partial charge >= 0.3 is 5.76 Å². The first-order valence-electron chi connectivity index (χ1n) is 9.21. The van der Waals surface area contributed by atoms with Crippen molar-refractivity contribution in [3.05, 3.63) is 83.7 Å². The Balaban J connectivity index is 1.85. The van der Waals surface area contributed by atoms with Crippen LogP contribution < -0.4 is 11.1 Å². The number of fused-ring (bicyclic) bond motifs is 2. The Labute approximate surface area is 167 Å². The fourth-order valence-electron chi connectivity index (χ4n) is 3.19. The van der Waals surface area contributed by atoms with Crippen LogP contribution in [-0.2, 0) is 0 Å². The number of aromatic nitrogens is 3. The fourth-order valence-corrected chi connectivity index (χ4v) is 3.19. The van der Waals surface area contributed by atoms with Crippen LogP contribution in [0.25, 0.3) is 38.7 Å². The summed E-state index contributed by atoms with van der Waals surface area (Å²) in [6, 6.07) is 11.6. The molecule has 0 amide bonds. The molecule has 0 saturated heterocycles. The van der Waals surface area contributed by atoms with E-state index in [-0.39, 0.29) is 0 Å². The molecule has 0 unspecified atom stereocenters. The van der Waals surface area contributed by atoms with E-state index in [1.54, 1.807) is 12.1 Å².